The molecule has 1 heteroatoms. The number of rotatable bonds is 1. The van der Waals surface area contributed by atoms with E-state index in [0.29, 0.717) is 5.92 Å². The summed E-state index contributed by atoms with van der Waals surface area (Å²) in [5.74, 6) is 7.11. The lowest BCUT2D eigenvalue weighted by atomic mass is 9.85. The lowest BCUT2D eigenvalue weighted by Gasteiger charge is -2.20. The van der Waals surface area contributed by atoms with E-state index < -0.39 is 0 Å². The van der Waals surface area contributed by atoms with Gasteiger partial charge in [0, 0.05) is 11.3 Å². The van der Waals surface area contributed by atoms with E-state index in [4.69, 9.17) is 5.73 Å². The average Bonchev–Trinajstić information content (AvgIpc) is 2.55. The van der Waals surface area contributed by atoms with Gasteiger partial charge in [-0.15, -0.1) is 0 Å². The molecule has 0 radical (unpaired) electrons. The molecule has 3 rings (SSSR count). The molecule has 0 amide bonds. The van der Waals surface area contributed by atoms with Crippen molar-refractivity contribution in [3.8, 4) is 11.8 Å². The van der Waals surface area contributed by atoms with E-state index in [2.05, 4.69) is 48.2 Å². The van der Waals surface area contributed by atoms with Gasteiger partial charge < -0.3 is 5.73 Å². The molecule has 1 atom stereocenters. The molecule has 1 aliphatic carbocycles. The number of anilines is 1. The molecule has 0 aromatic heterocycles. The highest BCUT2D eigenvalue weighted by atomic mass is 14.5. The van der Waals surface area contributed by atoms with Crippen LogP contribution < -0.4 is 5.73 Å². The van der Waals surface area contributed by atoms with Crippen LogP contribution in [0.4, 0.5) is 5.69 Å². The highest BCUT2D eigenvalue weighted by molar-refractivity contribution is 5.57. The minimum Gasteiger partial charge on any atom is -0.398 e. The van der Waals surface area contributed by atoms with Crippen molar-refractivity contribution in [3.05, 3.63) is 77.4 Å². The first kappa shape index (κ1) is 13.5. The van der Waals surface area contributed by atoms with Crippen LogP contribution in [0.1, 0.15) is 36.3 Å². The zero-order valence-electron chi connectivity index (χ0n) is 12.0. The normalized spacial score (nSPS) is 17.5. The van der Waals surface area contributed by atoms with Gasteiger partial charge in [-0.1, -0.05) is 60.4 Å². The largest absolute Gasteiger partial charge is 0.398 e. The molecule has 1 nitrogen and oxygen atoms in total. The summed E-state index contributed by atoms with van der Waals surface area (Å²) in [5, 5.41) is 0. The quantitative estimate of drug-likeness (QED) is 0.600. The molecule has 1 unspecified atom stereocenters. The Morgan fingerprint density at radius 3 is 2.38 bits per heavy atom. The molecule has 0 spiro atoms. The maximum absolute atomic E-state index is 5.91. The molecule has 0 aliphatic heterocycles. The van der Waals surface area contributed by atoms with E-state index >= 15 is 0 Å². The number of para-hydroxylation sites is 1. The summed E-state index contributed by atoms with van der Waals surface area (Å²) >= 11 is 0. The summed E-state index contributed by atoms with van der Waals surface area (Å²) in [6.45, 7) is 0. The number of hydrogen-bond donors (Lipinski definition) is 1. The van der Waals surface area contributed by atoms with Crippen LogP contribution in [-0.2, 0) is 0 Å². The van der Waals surface area contributed by atoms with E-state index in [9.17, 15) is 0 Å². The molecular formula is C20H19N. The van der Waals surface area contributed by atoms with Gasteiger partial charge in [0.1, 0.15) is 0 Å². The summed E-state index contributed by atoms with van der Waals surface area (Å²) in [6.07, 6.45) is 5.60. The van der Waals surface area contributed by atoms with E-state index in [1.54, 1.807) is 0 Å². The summed E-state index contributed by atoms with van der Waals surface area (Å²) in [7, 11) is 0. The van der Waals surface area contributed by atoms with Crippen LogP contribution in [0.25, 0.3) is 0 Å². The van der Waals surface area contributed by atoms with Crippen LogP contribution in [0.3, 0.4) is 0 Å². The molecule has 2 aromatic rings. The van der Waals surface area contributed by atoms with Gasteiger partial charge in [-0.25, -0.2) is 0 Å². The lowest BCUT2D eigenvalue weighted by Crippen LogP contribution is -2.03. The van der Waals surface area contributed by atoms with Gasteiger partial charge in [0.15, 0.2) is 0 Å². The van der Waals surface area contributed by atoms with Gasteiger partial charge in [0.2, 0.25) is 0 Å². The fraction of sp³-hybridized carbons (Fsp3) is 0.200. The van der Waals surface area contributed by atoms with Crippen LogP contribution in [0.5, 0.6) is 0 Å². The molecule has 21 heavy (non-hydrogen) atoms. The van der Waals surface area contributed by atoms with Gasteiger partial charge in [-0.05, 0) is 48.4 Å². The first-order valence-corrected chi connectivity index (χ1v) is 7.43. The van der Waals surface area contributed by atoms with Crippen LogP contribution >= 0.6 is 0 Å². The lowest BCUT2D eigenvalue weighted by molar-refractivity contribution is 0.607. The Balaban J connectivity index is 1.70. The molecule has 0 saturated heterocycles. The molecule has 104 valence electrons. The SMILES string of the molecule is Nc1ccccc1C#CC1=CCC(c2ccccc2)CC1. The van der Waals surface area contributed by atoms with Gasteiger partial charge in [0.05, 0.1) is 0 Å². The van der Waals surface area contributed by atoms with Gasteiger partial charge in [-0.2, -0.15) is 0 Å². The molecule has 2 aromatic carbocycles. The number of nitrogen functional groups attached to an aromatic ring is 1. The van der Waals surface area contributed by atoms with E-state index in [1.165, 1.54) is 17.6 Å². The van der Waals surface area contributed by atoms with Crippen molar-refractivity contribution in [3.63, 3.8) is 0 Å². The second-order valence-electron chi connectivity index (χ2n) is 5.45. The molecule has 0 heterocycles. The minimum atomic E-state index is 0.638. The van der Waals surface area contributed by atoms with E-state index in [1.807, 2.05) is 24.3 Å². The third kappa shape index (κ3) is 3.35. The standard InChI is InChI=1S/C20H19N/c21-20-9-5-4-8-19(20)15-12-16-10-13-18(14-11-16)17-6-2-1-3-7-17/h1-10,18H,11,13-14,21H2. The Bertz CT molecular complexity index is 701. The maximum atomic E-state index is 5.91. The predicted molar refractivity (Wildman–Crippen MR) is 88.8 cm³/mol. The van der Waals surface area contributed by atoms with Crippen molar-refractivity contribution in [2.75, 3.05) is 5.73 Å². The third-order valence-corrected chi connectivity index (χ3v) is 4.00. The Labute approximate surface area is 126 Å². The van der Waals surface area contributed by atoms with Crippen molar-refractivity contribution in [1.82, 2.24) is 0 Å². The summed E-state index contributed by atoms with van der Waals surface area (Å²) in [4.78, 5) is 0. The first-order valence-electron chi connectivity index (χ1n) is 7.43. The van der Waals surface area contributed by atoms with E-state index in [-0.39, 0.29) is 0 Å². The fourth-order valence-corrected chi connectivity index (χ4v) is 2.73. The number of allylic oxidation sites excluding steroid dienone is 2. The van der Waals surface area contributed by atoms with Crippen molar-refractivity contribution in [1.29, 1.82) is 0 Å². The van der Waals surface area contributed by atoms with Crippen molar-refractivity contribution >= 4 is 5.69 Å². The van der Waals surface area contributed by atoms with Crippen LogP contribution in [0.2, 0.25) is 0 Å². The molecule has 2 N–H and O–H groups in total. The van der Waals surface area contributed by atoms with Crippen molar-refractivity contribution in [2.45, 2.75) is 25.2 Å². The Morgan fingerprint density at radius 1 is 0.905 bits per heavy atom. The fourth-order valence-electron chi connectivity index (χ4n) is 2.73. The molecule has 0 fully saturated rings. The number of hydrogen-bond acceptors (Lipinski definition) is 1. The van der Waals surface area contributed by atoms with Crippen LogP contribution in [0.15, 0.2) is 66.2 Å². The number of benzene rings is 2. The first-order chi connectivity index (χ1) is 10.3. The maximum Gasteiger partial charge on any atom is 0.0478 e. The summed E-state index contributed by atoms with van der Waals surface area (Å²) in [6, 6.07) is 18.5. The highest BCUT2D eigenvalue weighted by Crippen LogP contribution is 2.31. The average molecular weight is 273 g/mol. The van der Waals surface area contributed by atoms with Crippen LogP contribution in [0, 0.1) is 11.8 Å². The van der Waals surface area contributed by atoms with Crippen molar-refractivity contribution < 1.29 is 0 Å². The topological polar surface area (TPSA) is 26.0 Å². The summed E-state index contributed by atoms with van der Waals surface area (Å²) in [5.41, 5.74) is 10.3. The van der Waals surface area contributed by atoms with Gasteiger partial charge >= 0.3 is 0 Å². The van der Waals surface area contributed by atoms with Crippen molar-refractivity contribution in [2.24, 2.45) is 0 Å². The zero-order chi connectivity index (χ0) is 14.5. The zero-order valence-corrected chi connectivity index (χ0v) is 12.0. The molecule has 1 aliphatic rings. The van der Waals surface area contributed by atoms with Crippen LogP contribution in [-0.4, -0.2) is 0 Å². The Kier molecular flexibility index (Phi) is 4.07. The van der Waals surface area contributed by atoms with E-state index in [0.717, 1.165) is 24.1 Å². The molecular weight excluding hydrogens is 254 g/mol. The highest BCUT2D eigenvalue weighted by Gasteiger charge is 2.14. The second kappa shape index (κ2) is 6.33. The monoisotopic (exact) mass is 273 g/mol. The predicted octanol–water partition coefficient (Wildman–Crippen LogP) is 4.51. The molecule has 0 saturated carbocycles. The minimum absolute atomic E-state index is 0.638. The number of nitrogens with two attached hydrogens (primary N) is 1. The van der Waals surface area contributed by atoms with Gasteiger partial charge in [0.25, 0.3) is 0 Å². The van der Waals surface area contributed by atoms with Gasteiger partial charge in [-0.3, -0.25) is 0 Å². The smallest absolute Gasteiger partial charge is 0.0478 e. The Morgan fingerprint density at radius 2 is 1.67 bits per heavy atom. The third-order valence-electron chi connectivity index (χ3n) is 4.00. The Hall–Kier alpha value is -2.46. The second-order valence-corrected chi connectivity index (χ2v) is 5.45. The summed E-state index contributed by atoms with van der Waals surface area (Å²) < 4.78 is 0. The molecule has 0 bridgehead atoms.